The Morgan fingerprint density at radius 1 is 0.536 bits per heavy atom. The molecule has 0 saturated carbocycles. The number of allylic oxidation sites excluding steroid dienone is 5. The molecule has 5 aliphatic carbocycles. The van der Waals surface area contributed by atoms with Crippen molar-refractivity contribution in [1.29, 1.82) is 0 Å². The van der Waals surface area contributed by atoms with Gasteiger partial charge in [-0.25, -0.2) is 15.0 Å². The molecule has 3 atom stereocenters. The summed E-state index contributed by atoms with van der Waals surface area (Å²) in [5.41, 5.74) is 16.5. The van der Waals surface area contributed by atoms with Crippen molar-refractivity contribution < 1.29 is 4.42 Å². The molecule has 0 aliphatic heterocycles. The predicted octanol–water partition coefficient (Wildman–Crippen LogP) is 15.0. The van der Waals surface area contributed by atoms with Crippen molar-refractivity contribution in [3.63, 3.8) is 0 Å². The smallest absolute Gasteiger partial charge is 0.164 e. The third-order valence-corrected chi connectivity index (χ3v) is 16.7. The van der Waals surface area contributed by atoms with Gasteiger partial charge in [-0.2, -0.15) is 0 Å². The molecule has 2 heterocycles. The first-order chi connectivity index (χ1) is 34.0. The molecular formula is C65H45N3O. The van der Waals surface area contributed by atoms with Crippen LogP contribution in [0.4, 0.5) is 0 Å². The van der Waals surface area contributed by atoms with E-state index in [1.165, 1.54) is 72.0 Å². The van der Waals surface area contributed by atoms with Crippen molar-refractivity contribution in [2.75, 3.05) is 0 Å². The number of benzene rings is 8. The summed E-state index contributed by atoms with van der Waals surface area (Å²) in [6.07, 6.45) is 10.3. The molecule has 4 nitrogen and oxygen atoms in total. The normalized spacial score (nSPS) is 23.2. The summed E-state index contributed by atoms with van der Waals surface area (Å²) in [4.78, 5) is 16.4. The lowest BCUT2D eigenvalue weighted by Gasteiger charge is -2.55. The Labute approximate surface area is 401 Å². The van der Waals surface area contributed by atoms with E-state index in [-0.39, 0.29) is 17.3 Å². The maximum Gasteiger partial charge on any atom is 0.164 e. The van der Waals surface area contributed by atoms with Gasteiger partial charge in [-0.15, -0.1) is 0 Å². The maximum absolute atomic E-state index is 7.16. The molecule has 8 aromatic carbocycles. The second-order valence-corrected chi connectivity index (χ2v) is 19.9. The summed E-state index contributed by atoms with van der Waals surface area (Å²) < 4.78 is 7.16. The van der Waals surface area contributed by atoms with Crippen LogP contribution >= 0.6 is 0 Å². The third kappa shape index (κ3) is 4.86. The molecule has 10 aromatic rings. The summed E-state index contributed by atoms with van der Waals surface area (Å²) in [7, 11) is 0. The van der Waals surface area contributed by atoms with Crippen molar-refractivity contribution in [2.24, 2.45) is 11.3 Å². The van der Waals surface area contributed by atoms with Gasteiger partial charge in [0.2, 0.25) is 0 Å². The molecule has 69 heavy (non-hydrogen) atoms. The Bertz CT molecular complexity index is 3900. The molecule has 326 valence electrons. The first kappa shape index (κ1) is 38.9. The van der Waals surface area contributed by atoms with Gasteiger partial charge >= 0.3 is 0 Å². The van der Waals surface area contributed by atoms with E-state index < -0.39 is 10.8 Å². The van der Waals surface area contributed by atoms with Gasteiger partial charge in [0, 0.05) is 44.5 Å². The number of para-hydroxylation sites is 1. The van der Waals surface area contributed by atoms with E-state index in [4.69, 9.17) is 19.4 Å². The van der Waals surface area contributed by atoms with Crippen LogP contribution in [-0.4, -0.2) is 15.0 Å². The zero-order valence-electron chi connectivity index (χ0n) is 38.3. The molecule has 4 heteroatoms. The van der Waals surface area contributed by atoms with Crippen molar-refractivity contribution >= 4 is 27.3 Å². The lowest BCUT2D eigenvalue weighted by molar-refractivity contribution is 0.277. The Kier molecular flexibility index (Phi) is 7.84. The highest BCUT2D eigenvalue weighted by molar-refractivity contribution is 6.02. The molecule has 0 fully saturated rings. The molecule has 0 radical (unpaired) electrons. The fourth-order valence-electron chi connectivity index (χ4n) is 14.2. The number of rotatable bonds is 3. The summed E-state index contributed by atoms with van der Waals surface area (Å²) in [6, 6.07) is 69.0. The fourth-order valence-corrected chi connectivity index (χ4v) is 14.2. The average Bonchev–Trinajstić information content (AvgIpc) is 4.01. The number of furan rings is 1. The van der Waals surface area contributed by atoms with Gasteiger partial charge in [-0.3, -0.25) is 0 Å². The Balaban J connectivity index is 1.10. The van der Waals surface area contributed by atoms with Crippen LogP contribution in [0, 0.1) is 11.3 Å². The fraction of sp³-hybridized carbons (Fsp3) is 0.123. The molecule has 5 aliphatic rings. The van der Waals surface area contributed by atoms with Crippen molar-refractivity contribution in [3.05, 3.63) is 274 Å². The first-order valence-electron chi connectivity index (χ1n) is 24.4. The minimum atomic E-state index is -0.754. The molecular weight excluding hydrogens is 839 g/mol. The van der Waals surface area contributed by atoms with Gasteiger partial charge in [-0.1, -0.05) is 214 Å². The summed E-state index contributed by atoms with van der Waals surface area (Å²) in [5, 5.41) is 3.51. The number of hydrogen-bond acceptors (Lipinski definition) is 4. The summed E-state index contributed by atoms with van der Waals surface area (Å²) in [5.74, 6) is 3.24. The quantitative estimate of drug-likeness (QED) is 0.177. The van der Waals surface area contributed by atoms with Crippen LogP contribution in [0.15, 0.2) is 222 Å². The minimum Gasteiger partial charge on any atom is -0.456 e. The molecule has 0 saturated heterocycles. The maximum atomic E-state index is 7.16. The van der Waals surface area contributed by atoms with Gasteiger partial charge in [0.05, 0.1) is 10.8 Å². The van der Waals surface area contributed by atoms with Gasteiger partial charge in [0.1, 0.15) is 11.3 Å². The lowest BCUT2D eigenvalue weighted by atomic mass is 9.45. The highest BCUT2D eigenvalue weighted by atomic mass is 16.3. The Morgan fingerprint density at radius 2 is 1.17 bits per heavy atom. The second-order valence-electron chi connectivity index (χ2n) is 19.9. The molecule has 3 unspecified atom stereocenters. The van der Waals surface area contributed by atoms with E-state index in [2.05, 4.69) is 220 Å². The van der Waals surface area contributed by atoms with E-state index in [9.17, 15) is 0 Å². The predicted molar refractivity (Wildman–Crippen MR) is 277 cm³/mol. The lowest BCUT2D eigenvalue weighted by Crippen LogP contribution is -2.51. The van der Waals surface area contributed by atoms with Crippen LogP contribution < -0.4 is 0 Å². The molecule has 0 N–H and O–H groups in total. The monoisotopic (exact) mass is 883 g/mol. The largest absolute Gasteiger partial charge is 0.456 e. The minimum absolute atomic E-state index is 0.145. The van der Waals surface area contributed by atoms with Crippen molar-refractivity contribution in [1.82, 2.24) is 15.0 Å². The molecule has 0 bridgehead atoms. The topological polar surface area (TPSA) is 51.8 Å². The van der Waals surface area contributed by atoms with Gasteiger partial charge in [-0.05, 0) is 85.3 Å². The zero-order chi connectivity index (χ0) is 45.6. The van der Waals surface area contributed by atoms with Crippen LogP contribution in [0.2, 0.25) is 0 Å². The van der Waals surface area contributed by atoms with Crippen LogP contribution in [0.5, 0.6) is 0 Å². The molecule has 15 rings (SSSR count). The Hall–Kier alpha value is -8.21. The second kappa shape index (κ2) is 13.9. The van der Waals surface area contributed by atoms with Crippen LogP contribution in [0.25, 0.3) is 61.5 Å². The highest BCUT2D eigenvalue weighted by Crippen LogP contribution is 2.74. The number of hydrogen-bond donors (Lipinski definition) is 0. The number of nitrogens with zero attached hydrogens (tertiary/aromatic N) is 3. The van der Waals surface area contributed by atoms with Crippen LogP contribution in [0.1, 0.15) is 75.6 Å². The average molecular weight is 884 g/mol. The van der Waals surface area contributed by atoms with E-state index in [1.54, 1.807) is 0 Å². The van der Waals surface area contributed by atoms with Crippen LogP contribution in [-0.2, 0) is 17.3 Å². The zero-order valence-corrected chi connectivity index (χ0v) is 38.3. The van der Waals surface area contributed by atoms with Gasteiger partial charge in [0.25, 0.3) is 0 Å². The number of aromatic nitrogens is 3. The molecule has 0 amide bonds. The SMILES string of the molecule is CC1Cc2c(oc3ccccc23)C2=C1C1(c3ccccc3C3(c4ccccc4C4C=CC=CC43C)c3ccccc31)c1c2cccc1-c1nc(-c2ccccc2)nc(-c2ccc3ccccc3c2)n1. The van der Waals surface area contributed by atoms with E-state index in [0.29, 0.717) is 17.5 Å². The first-order valence-corrected chi connectivity index (χ1v) is 24.4. The van der Waals surface area contributed by atoms with Crippen molar-refractivity contribution in [3.8, 4) is 34.2 Å². The van der Waals surface area contributed by atoms with Crippen molar-refractivity contribution in [2.45, 2.75) is 37.0 Å². The number of fused-ring (bicyclic) bond motifs is 20. The highest BCUT2D eigenvalue weighted by Gasteiger charge is 2.67. The summed E-state index contributed by atoms with van der Waals surface area (Å²) in [6.45, 7) is 4.96. The molecule has 2 aromatic heterocycles. The summed E-state index contributed by atoms with van der Waals surface area (Å²) >= 11 is 0. The van der Waals surface area contributed by atoms with Gasteiger partial charge in [0.15, 0.2) is 17.5 Å². The van der Waals surface area contributed by atoms with Gasteiger partial charge < -0.3 is 4.42 Å². The van der Waals surface area contributed by atoms with E-state index >= 15 is 0 Å². The van der Waals surface area contributed by atoms with E-state index in [0.717, 1.165) is 39.8 Å². The Morgan fingerprint density at radius 3 is 1.97 bits per heavy atom. The molecule has 2 spiro atoms. The third-order valence-electron chi connectivity index (χ3n) is 16.7. The van der Waals surface area contributed by atoms with Crippen LogP contribution in [0.3, 0.4) is 0 Å². The standard InChI is InChI=1S/C65H45N3O/c1-39-37-48-44-23-9-15-33-55(44)69-59(48)56-46-25-18-26-47(62-67-60(41-20-4-3-5-21-41)66-61(68-62)43-35-34-40-19-6-7-22-42(40)38-43)58(46)64(57(39)56)51-29-11-13-31-53(51)65(54-32-14-12-30-52(54)64)50-28-10-8-24-45(50)49-27-16-17-36-63(49,65)2/h3-36,38-39,49H,37H2,1-2H3. The van der Waals surface area contributed by atoms with E-state index in [1.807, 2.05) is 6.07 Å².